The number of aryl methyl sites for hydroxylation is 1. The predicted octanol–water partition coefficient (Wildman–Crippen LogP) is 3.14. The van der Waals surface area contributed by atoms with Crippen molar-refractivity contribution >= 4 is 5.91 Å². The minimum atomic E-state index is 0.00493. The SMILES string of the molecule is C#CCOc1ccc(CCC(=O)NCc2ccc([CH2])cc2)cc1OC. The van der Waals surface area contributed by atoms with Crippen LogP contribution in [0.15, 0.2) is 42.5 Å². The molecule has 0 aliphatic carbocycles. The summed E-state index contributed by atoms with van der Waals surface area (Å²) in [7, 11) is 1.58. The van der Waals surface area contributed by atoms with Gasteiger partial charge in [0.15, 0.2) is 11.5 Å². The molecular formula is C21H22NO3. The number of nitrogens with one attached hydrogen (secondary N) is 1. The Labute approximate surface area is 149 Å². The van der Waals surface area contributed by atoms with E-state index >= 15 is 0 Å². The molecule has 0 atom stereocenters. The minimum Gasteiger partial charge on any atom is -0.493 e. The second-order valence-electron chi connectivity index (χ2n) is 5.57. The zero-order valence-electron chi connectivity index (χ0n) is 14.4. The summed E-state index contributed by atoms with van der Waals surface area (Å²) in [5.74, 6) is 3.64. The van der Waals surface area contributed by atoms with Crippen LogP contribution >= 0.6 is 0 Å². The predicted molar refractivity (Wildman–Crippen MR) is 98.4 cm³/mol. The van der Waals surface area contributed by atoms with E-state index in [0.29, 0.717) is 30.9 Å². The molecule has 1 radical (unpaired) electrons. The largest absolute Gasteiger partial charge is 0.493 e. The molecule has 4 nitrogen and oxygen atoms in total. The van der Waals surface area contributed by atoms with Gasteiger partial charge in [0.2, 0.25) is 5.91 Å². The second-order valence-corrected chi connectivity index (χ2v) is 5.57. The van der Waals surface area contributed by atoms with Crippen LogP contribution in [-0.2, 0) is 17.8 Å². The molecule has 0 saturated carbocycles. The van der Waals surface area contributed by atoms with Gasteiger partial charge in [-0.2, -0.15) is 0 Å². The molecule has 0 aliphatic heterocycles. The zero-order valence-corrected chi connectivity index (χ0v) is 14.4. The molecule has 4 heteroatoms. The van der Waals surface area contributed by atoms with E-state index in [1.54, 1.807) is 7.11 Å². The molecular weight excluding hydrogens is 314 g/mol. The fraction of sp³-hybridized carbons (Fsp3) is 0.238. The summed E-state index contributed by atoms with van der Waals surface area (Å²) in [5.41, 5.74) is 3.01. The third-order valence-electron chi connectivity index (χ3n) is 3.69. The van der Waals surface area contributed by atoms with E-state index in [1.165, 1.54) is 0 Å². The number of hydrogen-bond acceptors (Lipinski definition) is 3. The van der Waals surface area contributed by atoms with E-state index in [9.17, 15) is 4.79 Å². The highest BCUT2D eigenvalue weighted by molar-refractivity contribution is 5.76. The molecule has 0 spiro atoms. The van der Waals surface area contributed by atoms with Crippen LogP contribution in [0.5, 0.6) is 11.5 Å². The van der Waals surface area contributed by atoms with Crippen LogP contribution in [0.4, 0.5) is 0 Å². The smallest absolute Gasteiger partial charge is 0.220 e. The molecule has 0 saturated heterocycles. The Bertz CT molecular complexity index is 745. The summed E-state index contributed by atoms with van der Waals surface area (Å²) in [6.45, 7) is 4.54. The van der Waals surface area contributed by atoms with E-state index in [-0.39, 0.29) is 12.5 Å². The lowest BCUT2D eigenvalue weighted by Gasteiger charge is -2.11. The maximum Gasteiger partial charge on any atom is 0.220 e. The fourth-order valence-corrected chi connectivity index (χ4v) is 2.31. The van der Waals surface area contributed by atoms with Crippen molar-refractivity contribution in [3.05, 3.63) is 66.1 Å². The highest BCUT2D eigenvalue weighted by Gasteiger charge is 2.07. The van der Waals surface area contributed by atoms with Gasteiger partial charge in [-0.25, -0.2) is 0 Å². The maximum absolute atomic E-state index is 12.0. The Morgan fingerprint density at radius 2 is 1.88 bits per heavy atom. The van der Waals surface area contributed by atoms with Crippen LogP contribution in [0.2, 0.25) is 0 Å². The van der Waals surface area contributed by atoms with Gasteiger partial charge < -0.3 is 14.8 Å². The lowest BCUT2D eigenvalue weighted by atomic mass is 10.1. The maximum atomic E-state index is 12.0. The van der Waals surface area contributed by atoms with E-state index in [0.717, 1.165) is 16.7 Å². The first-order valence-electron chi connectivity index (χ1n) is 8.03. The standard InChI is InChI=1S/C21H22NO3/c1-4-13-25-19-11-9-17(14-20(19)24-3)10-12-21(23)22-15-18-7-5-16(2)6-8-18/h1,5-9,11,14H,2,10,12-13,15H2,3H3,(H,22,23). The van der Waals surface area contributed by atoms with Crippen LogP contribution in [0, 0.1) is 19.3 Å². The highest BCUT2D eigenvalue weighted by Crippen LogP contribution is 2.28. The number of carbonyl (C=O) groups is 1. The van der Waals surface area contributed by atoms with Crippen molar-refractivity contribution in [1.29, 1.82) is 0 Å². The summed E-state index contributed by atoms with van der Waals surface area (Å²) in [5, 5.41) is 2.92. The summed E-state index contributed by atoms with van der Waals surface area (Å²) in [6.07, 6.45) is 6.22. The van der Waals surface area contributed by atoms with Gasteiger partial charge in [-0.15, -0.1) is 6.42 Å². The van der Waals surface area contributed by atoms with Gasteiger partial charge in [0.05, 0.1) is 7.11 Å². The van der Waals surface area contributed by atoms with Crippen molar-refractivity contribution in [1.82, 2.24) is 5.32 Å². The zero-order chi connectivity index (χ0) is 18.1. The summed E-state index contributed by atoms with van der Waals surface area (Å²) in [4.78, 5) is 12.0. The Hall–Kier alpha value is -2.93. The number of rotatable bonds is 8. The van der Waals surface area contributed by atoms with Crippen molar-refractivity contribution < 1.29 is 14.3 Å². The minimum absolute atomic E-state index is 0.00493. The third-order valence-corrected chi connectivity index (χ3v) is 3.69. The lowest BCUT2D eigenvalue weighted by molar-refractivity contribution is -0.121. The fourth-order valence-electron chi connectivity index (χ4n) is 2.31. The number of ether oxygens (including phenoxy) is 2. The van der Waals surface area contributed by atoms with E-state index < -0.39 is 0 Å². The molecule has 1 N–H and O–H groups in total. The first-order valence-corrected chi connectivity index (χ1v) is 8.03. The number of carbonyl (C=O) groups excluding carboxylic acids is 1. The molecule has 2 aromatic carbocycles. The first-order chi connectivity index (χ1) is 12.1. The molecule has 0 aliphatic rings. The molecule has 2 rings (SSSR count). The van der Waals surface area contributed by atoms with Crippen molar-refractivity contribution in [2.75, 3.05) is 13.7 Å². The summed E-state index contributed by atoms with van der Waals surface area (Å²) in [6, 6.07) is 13.4. The molecule has 0 heterocycles. The van der Waals surface area contributed by atoms with Crippen molar-refractivity contribution in [3.8, 4) is 23.8 Å². The summed E-state index contributed by atoms with van der Waals surface area (Å²) < 4.78 is 10.7. The van der Waals surface area contributed by atoms with Crippen molar-refractivity contribution in [3.63, 3.8) is 0 Å². The van der Waals surface area contributed by atoms with Gasteiger partial charge in [0.1, 0.15) is 6.61 Å². The van der Waals surface area contributed by atoms with Gasteiger partial charge in [-0.3, -0.25) is 4.79 Å². The van der Waals surface area contributed by atoms with Gasteiger partial charge in [-0.05, 0) is 42.2 Å². The molecule has 25 heavy (non-hydrogen) atoms. The molecule has 0 bridgehead atoms. The van der Waals surface area contributed by atoms with Crippen LogP contribution < -0.4 is 14.8 Å². The van der Waals surface area contributed by atoms with E-state index in [4.69, 9.17) is 15.9 Å². The number of terminal acetylenes is 1. The third kappa shape index (κ3) is 5.89. The van der Waals surface area contributed by atoms with Crippen molar-refractivity contribution in [2.24, 2.45) is 0 Å². The quantitative estimate of drug-likeness (QED) is 0.754. The average Bonchev–Trinajstić information content (AvgIpc) is 2.64. The Kier molecular flexibility index (Phi) is 6.91. The highest BCUT2D eigenvalue weighted by atomic mass is 16.5. The molecule has 129 valence electrons. The Balaban J connectivity index is 1.84. The van der Waals surface area contributed by atoms with Crippen LogP contribution in [0.25, 0.3) is 0 Å². The van der Waals surface area contributed by atoms with Gasteiger partial charge in [0.25, 0.3) is 0 Å². The molecule has 0 aromatic heterocycles. The van der Waals surface area contributed by atoms with Gasteiger partial charge in [-0.1, -0.05) is 36.3 Å². The Morgan fingerprint density at radius 1 is 1.16 bits per heavy atom. The molecule has 1 amide bonds. The first kappa shape index (κ1) is 18.4. The molecule has 0 fully saturated rings. The number of hydrogen-bond donors (Lipinski definition) is 1. The van der Waals surface area contributed by atoms with Crippen molar-refractivity contribution in [2.45, 2.75) is 19.4 Å². The normalized spacial score (nSPS) is 9.96. The van der Waals surface area contributed by atoms with Crippen LogP contribution in [0.3, 0.4) is 0 Å². The Morgan fingerprint density at radius 3 is 2.56 bits per heavy atom. The summed E-state index contributed by atoms with van der Waals surface area (Å²) >= 11 is 0. The average molecular weight is 336 g/mol. The monoisotopic (exact) mass is 336 g/mol. The number of benzene rings is 2. The topological polar surface area (TPSA) is 47.6 Å². The number of amides is 1. The van der Waals surface area contributed by atoms with Crippen LogP contribution in [-0.4, -0.2) is 19.6 Å². The molecule has 0 unspecified atom stereocenters. The van der Waals surface area contributed by atoms with Crippen LogP contribution in [0.1, 0.15) is 23.1 Å². The molecule has 2 aromatic rings. The van der Waals surface area contributed by atoms with E-state index in [2.05, 4.69) is 18.2 Å². The lowest BCUT2D eigenvalue weighted by Crippen LogP contribution is -2.22. The second kappa shape index (κ2) is 9.39. The van der Waals surface area contributed by atoms with E-state index in [1.807, 2.05) is 42.5 Å². The number of methoxy groups -OCH3 is 1. The van der Waals surface area contributed by atoms with Gasteiger partial charge >= 0.3 is 0 Å². The van der Waals surface area contributed by atoms with Gasteiger partial charge in [0, 0.05) is 13.0 Å².